The van der Waals surface area contributed by atoms with Crippen LogP contribution in [0.2, 0.25) is 0 Å². The van der Waals surface area contributed by atoms with E-state index in [1.807, 2.05) is 48.4 Å². The molecule has 2 amide bonds. The normalized spacial score (nSPS) is 18.3. The fourth-order valence-electron chi connectivity index (χ4n) is 4.41. The molecule has 15 heteroatoms. The fraction of sp³-hybridized carbons (Fsp3) is 0.423. The Morgan fingerprint density at radius 2 is 2.07 bits per heavy atom. The van der Waals surface area contributed by atoms with Gasteiger partial charge in [-0.05, 0) is 23.8 Å². The van der Waals surface area contributed by atoms with E-state index in [4.69, 9.17) is 5.41 Å². The molecule has 1 fully saturated rings. The zero-order valence-electron chi connectivity index (χ0n) is 22.9. The number of thiazole rings is 1. The van der Waals surface area contributed by atoms with E-state index in [1.54, 1.807) is 0 Å². The lowest BCUT2D eigenvalue weighted by molar-refractivity contribution is -0.884. The van der Waals surface area contributed by atoms with E-state index in [2.05, 4.69) is 24.4 Å². The molecule has 3 heterocycles. The summed E-state index contributed by atoms with van der Waals surface area (Å²) in [5.74, 6) is -1.26. The van der Waals surface area contributed by atoms with E-state index < -0.39 is 23.3 Å². The van der Waals surface area contributed by atoms with E-state index in [-0.39, 0.29) is 42.2 Å². The highest BCUT2D eigenvalue weighted by Gasteiger charge is 2.53. The molecule has 2 aromatic rings. The summed E-state index contributed by atoms with van der Waals surface area (Å²) in [6, 6.07) is 7.03. The van der Waals surface area contributed by atoms with Crippen LogP contribution in [0.3, 0.4) is 0 Å². The number of carboxylic acid groups (broad SMARTS) is 1. The smallest absolute Gasteiger partial charge is 0.352 e. The number of aliphatic carboxylic acids is 1. The van der Waals surface area contributed by atoms with E-state index in [0.717, 1.165) is 38.5 Å². The number of fused-ring (bicyclic) bond motifs is 2. The van der Waals surface area contributed by atoms with Crippen molar-refractivity contribution in [3.05, 3.63) is 47.7 Å². The largest absolute Gasteiger partial charge is 1.00 e. The van der Waals surface area contributed by atoms with Crippen LogP contribution >= 0.6 is 47.3 Å². The van der Waals surface area contributed by atoms with Gasteiger partial charge in [-0.3, -0.25) is 19.9 Å². The van der Waals surface area contributed by atoms with Gasteiger partial charge in [-0.2, -0.15) is 0 Å². The molecule has 4 rings (SSSR count). The minimum Gasteiger partial charge on any atom is -1.00 e. The van der Waals surface area contributed by atoms with Gasteiger partial charge >= 0.3 is 5.97 Å². The molecule has 3 N–H and O–H groups in total. The highest BCUT2D eigenvalue weighted by Crippen LogP contribution is 2.40. The van der Waals surface area contributed by atoms with Crippen molar-refractivity contribution in [1.29, 1.82) is 5.41 Å². The molecule has 0 unspecified atom stereocenters. The molecule has 224 valence electrons. The van der Waals surface area contributed by atoms with Crippen molar-refractivity contribution in [2.45, 2.75) is 22.2 Å². The number of hydrogen-bond donors (Lipinski definition) is 3. The number of β-lactam (4-membered cyclic amide) rings is 1. The van der Waals surface area contributed by atoms with Gasteiger partial charge in [-0.25, -0.2) is 9.78 Å². The number of thioether (sulfide) groups is 2. The molecule has 0 saturated carbocycles. The molecular formula is C26H34Cl2N6O4S3. The summed E-state index contributed by atoms with van der Waals surface area (Å²) >= 11 is 4.30. The maximum atomic E-state index is 13.0. The van der Waals surface area contributed by atoms with E-state index in [0.29, 0.717) is 17.9 Å². The number of carbonyl (C=O) groups excluding carboxylic acids is 2. The molecule has 10 nitrogen and oxygen atoms in total. The number of halogens is 2. The Kier molecular flexibility index (Phi) is 13.0. The molecule has 0 bridgehead atoms. The number of para-hydroxylation sites is 1. The first kappa shape index (κ1) is 34.9. The second-order valence-corrected chi connectivity index (χ2v) is 13.4. The van der Waals surface area contributed by atoms with Crippen molar-refractivity contribution in [3.63, 3.8) is 0 Å². The molecule has 1 aromatic carbocycles. The SMILES string of the molecule is CN(C=N)CCC[N+](C)(C)C/C=C/C1=C(C(=O)O)N2C(=O)[C@@H](NC(=O)CSc3nc4ccccc4s3)[C@H]2SC1.Cl.[Cl-]. The number of nitrogens with one attached hydrogen (secondary N) is 2. The molecule has 0 spiro atoms. The van der Waals surface area contributed by atoms with Crippen LogP contribution in [0.4, 0.5) is 0 Å². The number of hydrogen-bond acceptors (Lipinski definition) is 8. The van der Waals surface area contributed by atoms with Crippen LogP contribution in [0.1, 0.15) is 6.42 Å². The third-order valence-corrected chi connectivity index (χ3v) is 10.0. The summed E-state index contributed by atoms with van der Waals surface area (Å²) in [6.45, 7) is 2.42. The lowest BCUT2D eigenvalue weighted by Gasteiger charge is -2.49. The van der Waals surface area contributed by atoms with Crippen molar-refractivity contribution in [1.82, 2.24) is 20.1 Å². The Morgan fingerprint density at radius 3 is 2.76 bits per heavy atom. The number of carbonyl (C=O) groups is 3. The Balaban J connectivity index is 0.00000294. The first-order chi connectivity index (χ1) is 18.6. The Hall–Kier alpha value is -2.29. The predicted octanol–water partition coefficient (Wildman–Crippen LogP) is 0.114. The monoisotopic (exact) mass is 660 g/mol. The van der Waals surface area contributed by atoms with Crippen molar-refractivity contribution >= 4 is 81.6 Å². The number of allylic oxidation sites excluding steroid dienone is 1. The summed E-state index contributed by atoms with van der Waals surface area (Å²) in [4.78, 5) is 45.3. The number of likely N-dealkylation sites (N-methyl/N-ethyl adjacent to an activating group) is 1. The van der Waals surface area contributed by atoms with Gasteiger partial charge in [0.2, 0.25) is 5.91 Å². The van der Waals surface area contributed by atoms with Crippen LogP contribution in [0, 0.1) is 5.41 Å². The first-order valence-electron chi connectivity index (χ1n) is 12.5. The van der Waals surface area contributed by atoms with Gasteiger partial charge in [0.25, 0.3) is 5.91 Å². The highest BCUT2D eigenvalue weighted by atomic mass is 35.5. The Labute approximate surface area is 264 Å². The van der Waals surface area contributed by atoms with Crippen molar-refractivity contribution in [2.24, 2.45) is 0 Å². The number of amides is 2. The average molecular weight is 662 g/mol. The summed E-state index contributed by atoms with van der Waals surface area (Å²) in [5.41, 5.74) is 1.48. The maximum Gasteiger partial charge on any atom is 0.352 e. The van der Waals surface area contributed by atoms with E-state index in [9.17, 15) is 19.5 Å². The molecule has 41 heavy (non-hydrogen) atoms. The van der Waals surface area contributed by atoms with Crippen molar-refractivity contribution < 1.29 is 36.4 Å². The van der Waals surface area contributed by atoms with Crippen molar-refractivity contribution in [3.8, 4) is 0 Å². The standard InChI is InChI=1S/C26H32N6O4S3.2ClH/c1-30(16-27)11-7-13-32(2,3)12-6-8-17-14-37-24-21(23(34)31(24)22(17)25(35)36)29-20(33)15-38-26-28-18-9-4-5-10-19(18)39-26;;/h4-6,8-10,16,21,24,27H,7,11-15H2,1-3H3,(H-,29,33,35,36);2*1H/b8-6+,27-16?;;/t21-,24-;;/m1../s1. The molecule has 2 aliphatic heterocycles. The highest BCUT2D eigenvalue weighted by molar-refractivity contribution is 8.01. The summed E-state index contributed by atoms with van der Waals surface area (Å²) in [6.07, 6.45) is 6.01. The van der Waals surface area contributed by atoms with Crippen LogP contribution in [0.15, 0.2) is 52.0 Å². The Bertz CT molecular complexity index is 1300. The van der Waals surface area contributed by atoms with Gasteiger partial charge in [0.1, 0.15) is 17.1 Å². The van der Waals surface area contributed by atoms with E-state index >= 15 is 0 Å². The van der Waals surface area contributed by atoms with Crippen LogP contribution < -0.4 is 17.7 Å². The molecule has 1 aromatic heterocycles. The van der Waals surface area contributed by atoms with E-state index in [1.165, 1.54) is 46.1 Å². The number of rotatable bonds is 13. The van der Waals surface area contributed by atoms with Gasteiger partial charge in [-0.1, -0.05) is 30.0 Å². The van der Waals surface area contributed by atoms with Crippen LogP contribution in [0.25, 0.3) is 10.2 Å². The van der Waals surface area contributed by atoms with Crippen LogP contribution in [-0.4, -0.2) is 112 Å². The summed E-state index contributed by atoms with van der Waals surface area (Å²) in [5, 5.41) is 19.5. The van der Waals surface area contributed by atoms with Crippen LogP contribution in [0.5, 0.6) is 0 Å². The minimum atomic E-state index is -1.15. The molecule has 1 saturated heterocycles. The predicted molar refractivity (Wildman–Crippen MR) is 164 cm³/mol. The molecule has 2 atom stereocenters. The number of nitrogens with zero attached hydrogens (tertiary/aromatic N) is 4. The van der Waals surface area contributed by atoms with Gasteiger partial charge in [0.05, 0.1) is 49.5 Å². The second kappa shape index (κ2) is 15.3. The Morgan fingerprint density at radius 1 is 1.34 bits per heavy atom. The lowest BCUT2D eigenvalue weighted by Crippen LogP contribution is -3.00. The quantitative estimate of drug-likeness (QED) is 0.0909. The lowest BCUT2D eigenvalue weighted by atomic mass is 10.0. The van der Waals surface area contributed by atoms with Gasteiger partial charge in [0.15, 0.2) is 4.34 Å². The average Bonchev–Trinajstić information content (AvgIpc) is 3.32. The molecule has 0 radical (unpaired) electrons. The number of carboxylic acids is 1. The number of aromatic nitrogens is 1. The third kappa shape index (κ3) is 8.62. The second-order valence-electron chi connectivity index (χ2n) is 10.1. The fourth-order valence-corrected chi connectivity index (χ4v) is 7.61. The van der Waals surface area contributed by atoms with Crippen LogP contribution in [-0.2, 0) is 14.4 Å². The first-order valence-corrected chi connectivity index (χ1v) is 15.3. The topological polar surface area (TPSA) is 127 Å². The maximum absolute atomic E-state index is 13.0. The van der Waals surface area contributed by atoms with Crippen molar-refractivity contribution in [2.75, 3.05) is 52.3 Å². The molecular weight excluding hydrogens is 627 g/mol. The summed E-state index contributed by atoms with van der Waals surface area (Å²) < 4.78 is 2.56. The van der Waals surface area contributed by atoms with Gasteiger partial charge in [0, 0.05) is 25.8 Å². The van der Waals surface area contributed by atoms with Gasteiger partial charge < -0.3 is 32.2 Å². The zero-order chi connectivity index (χ0) is 28.2. The number of quaternary nitrogens is 1. The summed E-state index contributed by atoms with van der Waals surface area (Å²) in [7, 11) is 6.08. The third-order valence-electron chi connectivity index (χ3n) is 6.53. The number of benzene rings is 1. The zero-order valence-corrected chi connectivity index (χ0v) is 26.9. The minimum absolute atomic E-state index is 0. The van der Waals surface area contributed by atoms with Gasteiger partial charge in [-0.15, -0.1) is 35.5 Å². The molecule has 0 aliphatic carbocycles. The molecule has 2 aliphatic rings.